The van der Waals surface area contributed by atoms with Gasteiger partial charge < -0.3 is 14.7 Å². The third-order valence-electron chi connectivity index (χ3n) is 3.46. The molecule has 1 heterocycles. The molecular formula is C14H18N2O5. The minimum Gasteiger partial charge on any atom is -0.477 e. The molecule has 1 saturated heterocycles. The molecule has 7 nitrogen and oxygen atoms in total. The zero-order chi connectivity index (χ0) is 15.2. The summed E-state index contributed by atoms with van der Waals surface area (Å²) in [6.45, 7) is 0.939. The Morgan fingerprint density at radius 1 is 1.33 bits per heavy atom. The van der Waals surface area contributed by atoms with Crippen LogP contribution in [0.1, 0.15) is 24.8 Å². The normalized spacial score (nSPS) is 14.8. The maximum absolute atomic E-state index is 12.0. The van der Waals surface area contributed by atoms with E-state index in [1.807, 2.05) is 0 Å². The molecule has 0 unspecified atom stereocenters. The second-order valence-electron chi connectivity index (χ2n) is 4.95. The highest BCUT2D eigenvalue weighted by molar-refractivity contribution is 5.78. The standard InChI is InChI=1S/C14H18N2O5/c17-9-11-4-5-13(12(8-11)16(19)20)21-10-14(18)15-6-2-1-3-7-15/h4-5,8,17H,1-3,6-7,9-10H2. The summed E-state index contributed by atoms with van der Waals surface area (Å²) in [7, 11) is 0. The van der Waals surface area contributed by atoms with E-state index in [0.717, 1.165) is 19.3 Å². The van der Waals surface area contributed by atoms with Gasteiger partial charge in [0.2, 0.25) is 0 Å². The van der Waals surface area contributed by atoms with Gasteiger partial charge in [-0.2, -0.15) is 0 Å². The van der Waals surface area contributed by atoms with E-state index >= 15 is 0 Å². The molecular weight excluding hydrogens is 276 g/mol. The first-order valence-corrected chi connectivity index (χ1v) is 6.90. The smallest absolute Gasteiger partial charge is 0.311 e. The molecule has 0 bridgehead atoms. The molecule has 2 rings (SSSR count). The van der Waals surface area contributed by atoms with Gasteiger partial charge in [0.25, 0.3) is 5.91 Å². The highest BCUT2D eigenvalue weighted by atomic mass is 16.6. The maximum atomic E-state index is 12.0. The number of nitrogens with zero attached hydrogens (tertiary/aromatic N) is 2. The molecule has 1 amide bonds. The molecule has 0 spiro atoms. The van der Waals surface area contributed by atoms with Crippen LogP contribution < -0.4 is 4.74 Å². The van der Waals surface area contributed by atoms with Gasteiger partial charge in [0, 0.05) is 19.2 Å². The van der Waals surface area contributed by atoms with Crippen LogP contribution in [-0.4, -0.2) is 40.5 Å². The number of benzene rings is 1. The molecule has 1 aromatic rings. The first-order valence-electron chi connectivity index (χ1n) is 6.90. The van der Waals surface area contributed by atoms with Crippen molar-refractivity contribution >= 4 is 11.6 Å². The van der Waals surface area contributed by atoms with E-state index in [9.17, 15) is 14.9 Å². The van der Waals surface area contributed by atoms with Gasteiger partial charge in [-0.1, -0.05) is 6.07 Å². The minimum absolute atomic E-state index is 0.0440. The van der Waals surface area contributed by atoms with E-state index in [4.69, 9.17) is 9.84 Å². The number of piperidine rings is 1. The molecule has 1 N–H and O–H groups in total. The third kappa shape index (κ3) is 3.91. The molecule has 0 aliphatic carbocycles. The van der Waals surface area contributed by atoms with Crippen LogP contribution in [0.2, 0.25) is 0 Å². The average Bonchev–Trinajstić information content (AvgIpc) is 2.53. The van der Waals surface area contributed by atoms with Crippen LogP contribution in [0.15, 0.2) is 18.2 Å². The predicted octanol–water partition coefficient (Wildman–Crippen LogP) is 1.48. The van der Waals surface area contributed by atoms with Crippen LogP contribution in [0.3, 0.4) is 0 Å². The lowest BCUT2D eigenvalue weighted by Crippen LogP contribution is -2.38. The Morgan fingerprint density at radius 3 is 2.67 bits per heavy atom. The SMILES string of the molecule is O=C(COc1ccc(CO)cc1[N+](=O)[O-])N1CCCCC1. The van der Waals surface area contributed by atoms with E-state index in [1.54, 1.807) is 4.90 Å². The number of rotatable bonds is 5. The van der Waals surface area contributed by atoms with E-state index < -0.39 is 4.92 Å². The van der Waals surface area contributed by atoms with Gasteiger partial charge in [-0.3, -0.25) is 14.9 Å². The number of nitro groups is 1. The Hall–Kier alpha value is -2.15. The number of hydrogen-bond acceptors (Lipinski definition) is 5. The summed E-state index contributed by atoms with van der Waals surface area (Å²) in [6, 6.07) is 4.20. The molecule has 0 radical (unpaired) electrons. The van der Waals surface area contributed by atoms with Gasteiger partial charge in [-0.15, -0.1) is 0 Å². The van der Waals surface area contributed by atoms with Crippen molar-refractivity contribution in [3.8, 4) is 5.75 Å². The number of aliphatic hydroxyl groups is 1. The Bertz CT molecular complexity index is 526. The molecule has 1 aromatic carbocycles. The van der Waals surface area contributed by atoms with Crippen LogP contribution >= 0.6 is 0 Å². The molecule has 7 heteroatoms. The van der Waals surface area contributed by atoms with Gasteiger partial charge in [0.1, 0.15) is 0 Å². The second-order valence-corrected chi connectivity index (χ2v) is 4.95. The molecule has 0 atom stereocenters. The van der Waals surface area contributed by atoms with Crippen molar-refractivity contribution in [3.05, 3.63) is 33.9 Å². The Kier molecular flexibility index (Phi) is 5.10. The number of nitro benzene ring substituents is 1. The average molecular weight is 294 g/mol. The summed E-state index contributed by atoms with van der Waals surface area (Å²) in [4.78, 5) is 24.1. The fourth-order valence-electron chi connectivity index (χ4n) is 2.30. The van der Waals surface area contributed by atoms with E-state index in [2.05, 4.69) is 0 Å². The van der Waals surface area contributed by atoms with Gasteiger partial charge >= 0.3 is 5.69 Å². The van der Waals surface area contributed by atoms with Crippen molar-refractivity contribution in [2.45, 2.75) is 25.9 Å². The van der Waals surface area contributed by atoms with Gasteiger partial charge in [0.05, 0.1) is 11.5 Å². The van der Waals surface area contributed by atoms with Crippen LogP contribution in [0.25, 0.3) is 0 Å². The van der Waals surface area contributed by atoms with Crippen LogP contribution in [0.4, 0.5) is 5.69 Å². The molecule has 1 fully saturated rings. The Morgan fingerprint density at radius 2 is 2.05 bits per heavy atom. The largest absolute Gasteiger partial charge is 0.477 e. The molecule has 0 saturated carbocycles. The van der Waals surface area contributed by atoms with Crippen molar-refractivity contribution in [2.24, 2.45) is 0 Å². The number of ether oxygens (including phenoxy) is 1. The van der Waals surface area contributed by atoms with Gasteiger partial charge in [0.15, 0.2) is 12.4 Å². The quantitative estimate of drug-likeness (QED) is 0.656. The lowest BCUT2D eigenvalue weighted by atomic mass is 10.1. The lowest BCUT2D eigenvalue weighted by Gasteiger charge is -2.26. The van der Waals surface area contributed by atoms with Crippen LogP contribution in [-0.2, 0) is 11.4 Å². The summed E-state index contributed by atoms with van der Waals surface area (Å²) < 4.78 is 5.30. The second kappa shape index (κ2) is 7.03. The predicted molar refractivity (Wildman–Crippen MR) is 74.9 cm³/mol. The molecule has 114 valence electrons. The number of amides is 1. The van der Waals surface area contributed by atoms with Crippen molar-refractivity contribution in [1.82, 2.24) is 4.90 Å². The summed E-state index contributed by atoms with van der Waals surface area (Å²) in [5.41, 5.74) is 0.185. The maximum Gasteiger partial charge on any atom is 0.311 e. The van der Waals surface area contributed by atoms with Crippen molar-refractivity contribution < 1.29 is 19.6 Å². The fraction of sp³-hybridized carbons (Fsp3) is 0.500. The number of aliphatic hydroxyl groups excluding tert-OH is 1. The summed E-state index contributed by atoms with van der Waals surface area (Å²) in [6.07, 6.45) is 3.09. The lowest BCUT2D eigenvalue weighted by molar-refractivity contribution is -0.385. The molecule has 21 heavy (non-hydrogen) atoms. The summed E-state index contributed by atoms with van der Waals surface area (Å²) >= 11 is 0. The zero-order valence-corrected chi connectivity index (χ0v) is 11.7. The first-order chi connectivity index (χ1) is 10.1. The van der Waals surface area contributed by atoms with Crippen LogP contribution in [0.5, 0.6) is 5.75 Å². The highest BCUT2D eigenvalue weighted by Crippen LogP contribution is 2.28. The number of hydrogen-bond donors (Lipinski definition) is 1. The van der Waals surface area contributed by atoms with Crippen molar-refractivity contribution in [3.63, 3.8) is 0 Å². The monoisotopic (exact) mass is 294 g/mol. The Balaban J connectivity index is 2.02. The number of carbonyl (C=O) groups excluding carboxylic acids is 1. The molecule has 0 aromatic heterocycles. The van der Waals surface area contributed by atoms with E-state index in [1.165, 1.54) is 18.2 Å². The summed E-state index contributed by atoms with van der Waals surface area (Å²) in [5.74, 6) is -0.113. The first kappa shape index (κ1) is 15.2. The Labute approximate surface area is 122 Å². The zero-order valence-electron chi connectivity index (χ0n) is 11.7. The summed E-state index contributed by atoms with van der Waals surface area (Å²) in [5, 5.41) is 20.0. The minimum atomic E-state index is -0.583. The molecule has 1 aliphatic rings. The third-order valence-corrected chi connectivity index (χ3v) is 3.46. The fourth-order valence-corrected chi connectivity index (χ4v) is 2.30. The number of carbonyl (C=O) groups is 1. The van der Waals surface area contributed by atoms with Gasteiger partial charge in [-0.25, -0.2) is 0 Å². The van der Waals surface area contributed by atoms with E-state index in [0.29, 0.717) is 18.7 Å². The van der Waals surface area contributed by atoms with Crippen LogP contribution in [0, 0.1) is 10.1 Å². The topological polar surface area (TPSA) is 92.9 Å². The highest BCUT2D eigenvalue weighted by Gasteiger charge is 2.20. The molecule has 1 aliphatic heterocycles. The van der Waals surface area contributed by atoms with Gasteiger partial charge in [-0.05, 0) is 30.9 Å². The van der Waals surface area contributed by atoms with E-state index in [-0.39, 0.29) is 30.6 Å². The number of likely N-dealkylation sites (tertiary alicyclic amines) is 1. The van der Waals surface area contributed by atoms with Crippen molar-refractivity contribution in [1.29, 1.82) is 0 Å². The van der Waals surface area contributed by atoms with Crippen molar-refractivity contribution in [2.75, 3.05) is 19.7 Å².